The highest BCUT2D eigenvalue weighted by molar-refractivity contribution is 5.70. The largest absolute Gasteiger partial charge is 0.466 e. The van der Waals surface area contributed by atoms with Crippen LogP contribution in [0.25, 0.3) is 0 Å². The Hall–Kier alpha value is -1.85. The van der Waals surface area contributed by atoms with E-state index in [0.29, 0.717) is 25.4 Å². The van der Waals surface area contributed by atoms with Crippen LogP contribution in [0.3, 0.4) is 0 Å². The van der Waals surface area contributed by atoms with E-state index in [1.807, 2.05) is 13.1 Å². The molecule has 0 radical (unpaired) electrons. The molecule has 0 aliphatic heterocycles. The second-order valence-electron chi connectivity index (χ2n) is 5.44. The van der Waals surface area contributed by atoms with Crippen LogP contribution in [0.4, 0.5) is 11.6 Å². The van der Waals surface area contributed by atoms with E-state index >= 15 is 0 Å². The van der Waals surface area contributed by atoms with E-state index in [0.717, 1.165) is 11.6 Å². The first kappa shape index (κ1) is 16.2. The first-order valence-electron chi connectivity index (χ1n) is 6.83. The molecule has 2 N–H and O–H groups in total. The maximum Gasteiger partial charge on any atom is 0.307 e. The molecular weight excluding hydrogens is 256 g/mol. The number of ether oxygens (including phenoxy) is 1. The normalized spacial score (nSPS) is 11.1. The van der Waals surface area contributed by atoms with Gasteiger partial charge in [-0.05, 0) is 6.92 Å². The number of hydrogen-bond acceptors (Lipinski definition) is 6. The Morgan fingerprint density at radius 2 is 1.95 bits per heavy atom. The van der Waals surface area contributed by atoms with Crippen molar-refractivity contribution in [2.24, 2.45) is 0 Å². The lowest BCUT2D eigenvalue weighted by Gasteiger charge is -2.18. The maximum atomic E-state index is 11.3. The molecule has 1 heterocycles. The van der Waals surface area contributed by atoms with Crippen LogP contribution in [0, 0.1) is 0 Å². The number of esters is 1. The summed E-state index contributed by atoms with van der Waals surface area (Å²) in [5.41, 5.74) is -0.134. The molecule has 6 nitrogen and oxygen atoms in total. The summed E-state index contributed by atoms with van der Waals surface area (Å²) in [5.74, 6) is 2.00. The lowest BCUT2D eigenvalue weighted by molar-refractivity contribution is -0.142. The molecule has 0 aromatic carbocycles. The molecule has 0 bridgehead atoms. The van der Waals surface area contributed by atoms with Gasteiger partial charge in [0.1, 0.15) is 17.5 Å². The third-order valence-electron chi connectivity index (χ3n) is 2.59. The zero-order chi connectivity index (χ0) is 15.2. The van der Waals surface area contributed by atoms with E-state index in [1.165, 1.54) is 0 Å². The lowest BCUT2D eigenvalue weighted by atomic mass is 9.96. The van der Waals surface area contributed by atoms with Gasteiger partial charge in [-0.15, -0.1) is 0 Å². The Morgan fingerprint density at radius 1 is 1.30 bits per heavy atom. The van der Waals surface area contributed by atoms with Crippen LogP contribution in [0.1, 0.15) is 39.9 Å². The number of carbonyl (C=O) groups excluding carboxylic acids is 1. The average molecular weight is 280 g/mol. The first-order valence-corrected chi connectivity index (χ1v) is 6.83. The Morgan fingerprint density at radius 3 is 2.50 bits per heavy atom. The Labute approximate surface area is 120 Å². The van der Waals surface area contributed by atoms with Crippen LogP contribution in [0.15, 0.2) is 6.07 Å². The van der Waals surface area contributed by atoms with Crippen molar-refractivity contribution >= 4 is 17.6 Å². The molecule has 1 aromatic heterocycles. The van der Waals surface area contributed by atoms with Crippen LogP contribution < -0.4 is 10.6 Å². The predicted octanol–water partition coefficient (Wildman–Crippen LogP) is 2.18. The fourth-order valence-electron chi connectivity index (χ4n) is 1.53. The number of hydrogen-bond donors (Lipinski definition) is 2. The fourth-order valence-corrected chi connectivity index (χ4v) is 1.53. The summed E-state index contributed by atoms with van der Waals surface area (Å²) in [6.07, 6.45) is 0.317. The van der Waals surface area contributed by atoms with Crippen molar-refractivity contribution in [2.75, 3.05) is 30.8 Å². The molecule has 0 saturated heterocycles. The molecule has 0 unspecified atom stereocenters. The number of carbonyl (C=O) groups is 1. The number of nitrogens with zero attached hydrogens (tertiary/aromatic N) is 2. The van der Waals surface area contributed by atoms with Gasteiger partial charge in [0.05, 0.1) is 13.0 Å². The van der Waals surface area contributed by atoms with Gasteiger partial charge in [0.15, 0.2) is 0 Å². The van der Waals surface area contributed by atoms with Crippen LogP contribution in [-0.2, 0) is 14.9 Å². The Kier molecular flexibility index (Phi) is 5.73. The molecule has 0 fully saturated rings. The molecule has 20 heavy (non-hydrogen) atoms. The van der Waals surface area contributed by atoms with Crippen molar-refractivity contribution in [1.29, 1.82) is 0 Å². The number of anilines is 2. The Bertz CT molecular complexity index is 455. The summed E-state index contributed by atoms with van der Waals surface area (Å²) >= 11 is 0. The molecule has 112 valence electrons. The van der Waals surface area contributed by atoms with Crippen molar-refractivity contribution in [2.45, 2.75) is 39.5 Å². The minimum atomic E-state index is -0.209. The molecule has 0 aliphatic carbocycles. The molecular formula is C14H24N4O2. The second-order valence-corrected chi connectivity index (χ2v) is 5.44. The SMILES string of the molecule is CCOC(=O)CCNc1cc(NC)nc(C(C)(C)C)n1. The van der Waals surface area contributed by atoms with E-state index in [2.05, 4.69) is 41.4 Å². The molecule has 0 amide bonds. The highest BCUT2D eigenvalue weighted by Crippen LogP contribution is 2.22. The molecule has 0 spiro atoms. The molecule has 1 aromatic rings. The van der Waals surface area contributed by atoms with E-state index in [4.69, 9.17) is 4.74 Å². The fraction of sp³-hybridized carbons (Fsp3) is 0.643. The summed E-state index contributed by atoms with van der Waals surface area (Å²) in [4.78, 5) is 20.2. The summed E-state index contributed by atoms with van der Waals surface area (Å²) < 4.78 is 4.88. The predicted molar refractivity (Wildman–Crippen MR) is 80.0 cm³/mol. The number of rotatable bonds is 6. The van der Waals surface area contributed by atoms with Crippen molar-refractivity contribution in [1.82, 2.24) is 9.97 Å². The zero-order valence-corrected chi connectivity index (χ0v) is 12.9. The maximum absolute atomic E-state index is 11.3. The highest BCUT2D eigenvalue weighted by atomic mass is 16.5. The standard InChI is InChI=1S/C14H24N4O2/c1-6-20-12(19)7-8-16-11-9-10(15-5)17-13(18-11)14(2,3)4/h9H,6-8H2,1-5H3,(H2,15,16,17,18). The van der Waals surface area contributed by atoms with E-state index < -0.39 is 0 Å². The monoisotopic (exact) mass is 280 g/mol. The minimum absolute atomic E-state index is 0.134. The summed E-state index contributed by atoms with van der Waals surface area (Å²) in [7, 11) is 1.82. The van der Waals surface area contributed by atoms with Gasteiger partial charge in [0.25, 0.3) is 0 Å². The first-order chi connectivity index (χ1) is 9.36. The average Bonchev–Trinajstić information content (AvgIpc) is 2.37. The third kappa shape index (κ3) is 5.03. The van der Waals surface area contributed by atoms with Gasteiger partial charge < -0.3 is 15.4 Å². The molecule has 6 heteroatoms. The van der Waals surface area contributed by atoms with E-state index in [1.54, 1.807) is 6.92 Å². The summed E-state index contributed by atoms with van der Waals surface area (Å²) in [5, 5.41) is 6.15. The van der Waals surface area contributed by atoms with Gasteiger partial charge in [0.2, 0.25) is 0 Å². The van der Waals surface area contributed by atoms with Crippen LogP contribution >= 0.6 is 0 Å². The minimum Gasteiger partial charge on any atom is -0.466 e. The molecule has 0 atom stereocenters. The van der Waals surface area contributed by atoms with Crippen molar-refractivity contribution < 1.29 is 9.53 Å². The molecule has 0 aliphatic rings. The molecule has 0 saturated carbocycles. The van der Waals surface area contributed by atoms with Gasteiger partial charge in [-0.1, -0.05) is 20.8 Å². The van der Waals surface area contributed by atoms with Crippen molar-refractivity contribution in [3.63, 3.8) is 0 Å². The zero-order valence-electron chi connectivity index (χ0n) is 12.9. The van der Waals surface area contributed by atoms with Gasteiger partial charge in [-0.25, -0.2) is 9.97 Å². The summed E-state index contributed by atoms with van der Waals surface area (Å²) in [6, 6.07) is 1.82. The van der Waals surface area contributed by atoms with Crippen LogP contribution in [0.2, 0.25) is 0 Å². The Balaban J connectivity index is 2.72. The number of aromatic nitrogens is 2. The van der Waals surface area contributed by atoms with Gasteiger partial charge >= 0.3 is 5.97 Å². The van der Waals surface area contributed by atoms with Crippen molar-refractivity contribution in [3.05, 3.63) is 11.9 Å². The topological polar surface area (TPSA) is 76.1 Å². The quantitative estimate of drug-likeness (QED) is 0.778. The van der Waals surface area contributed by atoms with Crippen LogP contribution in [0.5, 0.6) is 0 Å². The number of nitrogens with one attached hydrogen (secondary N) is 2. The van der Waals surface area contributed by atoms with Gasteiger partial charge in [-0.3, -0.25) is 4.79 Å². The van der Waals surface area contributed by atoms with E-state index in [9.17, 15) is 4.79 Å². The third-order valence-corrected chi connectivity index (χ3v) is 2.59. The molecule has 1 rings (SSSR count). The van der Waals surface area contributed by atoms with Gasteiger partial charge in [-0.2, -0.15) is 0 Å². The highest BCUT2D eigenvalue weighted by Gasteiger charge is 2.19. The summed E-state index contributed by atoms with van der Waals surface area (Å²) in [6.45, 7) is 8.87. The van der Waals surface area contributed by atoms with Crippen LogP contribution in [-0.4, -0.2) is 36.1 Å². The van der Waals surface area contributed by atoms with E-state index in [-0.39, 0.29) is 11.4 Å². The van der Waals surface area contributed by atoms with Crippen molar-refractivity contribution in [3.8, 4) is 0 Å². The lowest BCUT2D eigenvalue weighted by Crippen LogP contribution is -2.19. The van der Waals surface area contributed by atoms with Gasteiger partial charge in [0, 0.05) is 25.1 Å². The second kappa shape index (κ2) is 7.07. The smallest absolute Gasteiger partial charge is 0.307 e.